The van der Waals surface area contributed by atoms with Crippen LogP contribution < -0.4 is 4.74 Å². The van der Waals surface area contributed by atoms with E-state index in [0.717, 1.165) is 31.8 Å². The molecule has 1 fully saturated rings. The van der Waals surface area contributed by atoms with Crippen LogP contribution in [0.2, 0.25) is 0 Å². The molecule has 1 N–H and O–H groups in total. The molecule has 1 aromatic carbocycles. The van der Waals surface area contributed by atoms with Crippen LogP contribution in [0.1, 0.15) is 12.0 Å². The molecule has 4 nitrogen and oxygen atoms in total. The van der Waals surface area contributed by atoms with Crippen molar-refractivity contribution < 1.29 is 14.6 Å². The van der Waals surface area contributed by atoms with Gasteiger partial charge >= 0.3 is 0 Å². The molecule has 0 bridgehead atoms. The van der Waals surface area contributed by atoms with Crippen LogP contribution in [0.3, 0.4) is 0 Å². The Morgan fingerprint density at radius 3 is 2.89 bits per heavy atom. The van der Waals surface area contributed by atoms with Crippen LogP contribution in [0.15, 0.2) is 24.3 Å². The second-order valence-corrected chi connectivity index (χ2v) is 4.63. The molecule has 1 atom stereocenters. The third-order valence-corrected chi connectivity index (χ3v) is 3.16. The molecule has 100 valence electrons. The minimum absolute atomic E-state index is 0.174. The van der Waals surface area contributed by atoms with E-state index >= 15 is 0 Å². The fourth-order valence-electron chi connectivity index (χ4n) is 2.21. The molecule has 2 rings (SSSR count). The highest BCUT2D eigenvalue weighted by Gasteiger charge is 2.20. The lowest BCUT2D eigenvalue weighted by molar-refractivity contribution is 0.144. The van der Waals surface area contributed by atoms with Gasteiger partial charge in [0.1, 0.15) is 12.4 Å². The molecule has 18 heavy (non-hydrogen) atoms. The van der Waals surface area contributed by atoms with Gasteiger partial charge in [0.15, 0.2) is 0 Å². The highest BCUT2D eigenvalue weighted by atomic mass is 16.5. The van der Waals surface area contributed by atoms with E-state index < -0.39 is 0 Å². The fraction of sp³-hybridized carbons (Fsp3) is 0.571. The second kappa shape index (κ2) is 6.73. The first kappa shape index (κ1) is 13.3. The number of benzene rings is 1. The van der Waals surface area contributed by atoms with Crippen molar-refractivity contribution in [3.63, 3.8) is 0 Å². The first-order chi connectivity index (χ1) is 8.79. The summed E-state index contributed by atoms with van der Waals surface area (Å²) in [5, 5.41) is 9.53. The van der Waals surface area contributed by atoms with Gasteiger partial charge in [0.2, 0.25) is 0 Å². The number of aliphatic hydroxyl groups excluding tert-OH is 1. The fourth-order valence-corrected chi connectivity index (χ4v) is 2.21. The van der Waals surface area contributed by atoms with Gasteiger partial charge in [0.05, 0.1) is 12.7 Å². The van der Waals surface area contributed by atoms with Crippen LogP contribution in [-0.2, 0) is 11.3 Å². The zero-order chi connectivity index (χ0) is 12.8. The van der Waals surface area contributed by atoms with E-state index in [1.807, 2.05) is 18.2 Å². The molecule has 0 saturated carbocycles. The highest BCUT2D eigenvalue weighted by Crippen LogP contribution is 2.22. The Balaban J connectivity index is 1.94. The van der Waals surface area contributed by atoms with E-state index in [9.17, 15) is 5.11 Å². The molecule has 1 aliphatic heterocycles. The number of aliphatic hydroxyl groups is 1. The van der Waals surface area contributed by atoms with E-state index in [0.29, 0.717) is 13.2 Å². The Morgan fingerprint density at radius 1 is 1.33 bits per heavy atom. The lowest BCUT2D eigenvalue weighted by Gasteiger charge is -2.17. The molecule has 0 radical (unpaired) electrons. The predicted octanol–water partition coefficient (Wildman–Crippen LogP) is 1.28. The lowest BCUT2D eigenvalue weighted by Crippen LogP contribution is -2.22. The van der Waals surface area contributed by atoms with Gasteiger partial charge in [-0.25, -0.2) is 0 Å². The first-order valence-electron chi connectivity index (χ1n) is 6.39. The third kappa shape index (κ3) is 3.70. The highest BCUT2D eigenvalue weighted by molar-refractivity contribution is 5.33. The van der Waals surface area contributed by atoms with Gasteiger partial charge in [-0.15, -0.1) is 0 Å². The summed E-state index contributed by atoms with van der Waals surface area (Å²) in [7, 11) is 1.67. The number of likely N-dealkylation sites (tertiary alicyclic amines) is 1. The van der Waals surface area contributed by atoms with Crippen LogP contribution >= 0.6 is 0 Å². The Morgan fingerprint density at radius 2 is 2.17 bits per heavy atom. The third-order valence-electron chi connectivity index (χ3n) is 3.16. The van der Waals surface area contributed by atoms with Crippen molar-refractivity contribution in [2.45, 2.75) is 19.1 Å². The number of para-hydroxylation sites is 1. The summed E-state index contributed by atoms with van der Waals surface area (Å²) >= 11 is 0. The molecule has 0 amide bonds. The molecule has 0 aliphatic carbocycles. The average molecular weight is 251 g/mol. The quantitative estimate of drug-likeness (QED) is 0.773. The lowest BCUT2D eigenvalue weighted by atomic mass is 10.2. The van der Waals surface area contributed by atoms with E-state index in [-0.39, 0.29) is 6.10 Å². The van der Waals surface area contributed by atoms with Crippen LogP contribution in [0.25, 0.3) is 0 Å². The van der Waals surface area contributed by atoms with Crippen molar-refractivity contribution in [3.8, 4) is 5.75 Å². The van der Waals surface area contributed by atoms with Crippen molar-refractivity contribution in [1.29, 1.82) is 0 Å². The Hall–Kier alpha value is -1.10. The van der Waals surface area contributed by atoms with Gasteiger partial charge in [-0.2, -0.15) is 0 Å². The molecule has 0 spiro atoms. The number of β-amino-alcohol motifs (C(OH)–C–C–N with tert-alkyl or cyclic N) is 1. The molecule has 1 heterocycles. The van der Waals surface area contributed by atoms with Crippen molar-refractivity contribution in [3.05, 3.63) is 29.8 Å². The maximum Gasteiger partial charge on any atom is 0.123 e. The molecule has 1 aliphatic rings. The zero-order valence-corrected chi connectivity index (χ0v) is 10.8. The van der Waals surface area contributed by atoms with Crippen molar-refractivity contribution in [1.82, 2.24) is 4.90 Å². The maximum atomic E-state index is 9.53. The number of nitrogens with zero attached hydrogens (tertiary/aromatic N) is 1. The zero-order valence-electron chi connectivity index (χ0n) is 10.8. The summed E-state index contributed by atoms with van der Waals surface area (Å²) in [6.07, 6.45) is 0.693. The summed E-state index contributed by atoms with van der Waals surface area (Å²) in [6.45, 7) is 3.70. The van der Waals surface area contributed by atoms with Crippen LogP contribution in [-0.4, -0.2) is 49.5 Å². The summed E-state index contributed by atoms with van der Waals surface area (Å²) in [5.74, 6) is 0.913. The molecular formula is C14H21NO3. The summed E-state index contributed by atoms with van der Waals surface area (Å²) < 4.78 is 10.7. The van der Waals surface area contributed by atoms with Gasteiger partial charge in [-0.05, 0) is 12.5 Å². The van der Waals surface area contributed by atoms with Crippen molar-refractivity contribution in [2.75, 3.05) is 33.4 Å². The maximum absolute atomic E-state index is 9.53. The van der Waals surface area contributed by atoms with Gasteiger partial charge in [-0.3, -0.25) is 4.90 Å². The normalized spacial score (nSPS) is 20.2. The number of methoxy groups -OCH3 is 1. The summed E-state index contributed by atoms with van der Waals surface area (Å²) in [6, 6.07) is 8.06. The van der Waals surface area contributed by atoms with Crippen LogP contribution in [0.5, 0.6) is 5.75 Å². The largest absolute Gasteiger partial charge is 0.491 e. The van der Waals surface area contributed by atoms with Crippen molar-refractivity contribution >= 4 is 0 Å². The minimum Gasteiger partial charge on any atom is -0.491 e. The SMILES string of the molecule is COCCOc1ccccc1CN1CC[C@@H](O)C1. The Labute approximate surface area is 108 Å². The van der Waals surface area contributed by atoms with E-state index in [1.54, 1.807) is 7.11 Å². The second-order valence-electron chi connectivity index (χ2n) is 4.63. The Kier molecular flexibility index (Phi) is 4.99. The number of hydrogen-bond donors (Lipinski definition) is 1. The topological polar surface area (TPSA) is 41.9 Å². The summed E-state index contributed by atoms with van der Waals surface area (Å²) in [5.41, 5.74) is 1.17. The molecule has 4 heteroatoms. The first-order valence-corrected chi connectivity index (χ1v) is 6.39. The molecule has 0 unspecified atom stereocenters. The molecule has 1 aromatic rings. The average Bonchev–Trinajstić information content (AvgIpc) is 2.77. The van der Waals surface area contributed by atoms with Gasteiger partial charge < -0.3 is 14.6 Å². The smallest absolute Gasteiger partial charge is 0.123 e. The van der Waals surface area contributed by atoms with E-state index in [4.69, 9.17) is 9.47 Å². The van der Waals surface area contributed by atoms with Gasteiger partial charge in [0, 0.05) is 32.3 Å². The monoisotopic (exact) mass is 251 g/mol. The summed E-state index contributed by atoms with van der Waals surface area (Å²) in [4.78, 5) is 2.25. The van der Waals surface area contributed by atoms with E-state index in [1.165, 1.54) is 5.56 Å². The number of rotatable bonds is 6. The minimum atomic E-state index is -0.174. The van der Waals surface area contributed by atoms with E-state index in [2.05, 4.69) is 11.0 Å². The number of hydrogen-bond acceptors (Lipinski definition) is 4. The van der Waals surface area contributed by atoms with Crippen LogP contribution in [0, 0.1) is 0 Å². The molecule has 0 aromatic heterocycles. The van der Waals surface area contributed by atoms with Crippen molar-refractivity contribution in [2.24, 2.45) is 0 Å². The van der Waals surface area contributed by atoms with Crippen LogP contribution in [0.4, 0.5) is 0 Å². The number of ether oxygens (including phenoxy) is 2. The standard InChI is InChI=1S/C14H21NO3/c1-17-8-9-18-14-5-3-2-4-12(14)10-15-7-6-13(16)11-15/h2-5,13,16H,6-11H2,1H3/t13-/m1/s1. The Bertz CT molecular complexity index is 370. The van der Waals surface area contributed by atoms with Gasteiger partial charge in [-0.1, -0.05) is 18.2 Å². The van der Waals surface area contributed by atoms with Gasteiger partial charge in [0.25, 0.3) is 0 Å². The molecular weight excluding hydrogens is 230 g/mol. The molecule has 1 saturated heterocycles. The predicted molar refractivity (Wildman–Crippen MR) is 69.7 cm³/mol.